The molecule has 3 nitrogen and oxygen atoms in total. The molecule has 0 unspecified atom stereocenters. The molecule has 3 heteroatoms. The van der Waals surface area contributed by atoms with E-state index in [0.717, 1.165) is 37.7 Å². The van der Waals surface area contributed by atoms with E-state index in [1.807, 2.05) is 0 Å². The van der Waals surface area contributed by atoms with Gasteiger partial charge in [-0.1, -0.05) is 44.3 Å². The van der Waals surface area contributed by atoms with Gasteiger partial charge in [0.2, 0.25) is 0 Å². The minimum Gasteiger partial charge on any atom is -0.508 e. The first-order chi connectivity index (χ1) is 12.6. The van der Waals surface area contributed by atoms with Gasteiger partial charge in [0.1, 0.15) is 17.3 Å². The summed E-state index contributed by atoms with van der Waals surface area (Å²) in [5.41, 5.74) is 1.01. The summed E-state index contributed by atoms with van der Waals surface area (Å²) in [6.07, 6.45) is 19.3. The first-order valence-corrected chi connectivity index (χ1v) is 10.2. The Labute approximate surface area is 159 Å². The molecule has 0 heterocycles. The lowest BCUT2D eigenvalue weighted by Crippen LogP contribution is -1.88. The number of Topliss-reactive ketones (excluding diaryl/α,β-unsaturated/α-hetero) is 1. The normalized spacial score (nSPS) is 11.3. The largest absolute Gasteiger partial charge is 0.508 e. The molecule has 2 N–H and O–H groups in total. The van der Waals surface area contributed by atoms with Crippen LogP contribution in [0.15, 0.2) is 30.4 Å². The Bertz CT molecular complexity index is 514. The molecule has 0 saturated carbocycles. The second-order valence-corrected chi connectivity index (χ2v) is 7.29. The predicted molar refractivity (Wildman–Crippen MR) is 109 cm³/mol. The number of allylic oxidation sites excluding steroid dienone is 2. The summed E-state index contributed by atoms with van der Waals surface area (Å²) in [6.45, 7) is 1.67. The van der Waals surface area contributed by atoms with E-state index < -0.39 is 0 Å². The lowest BCUT2D eigenvalue weighted by atomic mass is 10.0. The van der Waals surface area contributed by atoms with Gasteiger partial charge in [0.05, 0.1) is 0 Å². The van der Waals surface area contributed by atoms with Gasteiger partial charge in [-0.15, -0.1) is 0 Å². The lowest BCUT2D eigenvalue weighted by Gasteiger charge is -2.04. The number of phenolic OH excluding ortho intramolecular Hbond substituents is 2. The molecule has 0 amide bonds. The van der Waals surface area contributed by atoms with Crippen LogP contribution >= 0.6 is 0 Å². The molecule has 0 radical (unpaired) electrons. The molecule has 0 spiro atoms. The Morgan fingerprint density at radius 2 is 1.27 bits per heavy atom. The summed E-state index contributed by atoms with van der Waals surface area (Å²) in [5, 5.41) is 18.9. The van der Waals surface area contributed by atoms with Crippen molar-refractivity contribution in [2.24, 2.45) is 0 Å². The number of ketones is 1. The van der Waals surface area contributed by atoms with Crippen molar-refractivity contribution in [2.75, 3.05) is 0 Å². The third kappa shape index (κ3) is 12.6. The molecule has 1 aromatic rings. The van der Waals surface area contributed by atoms with Crippen LogP contribution in [-0.2, 0) is 11.2 Å². The second-order valence-electron chi connectivity index (χ2n) is 7.29. The van der Waals surface area contributed by atoms with Gasteiger partial charge in [-0.25, -0.2) is 0 Å². The van der Waals surface area contributed by atoms with Crippen LogP contribution < -0.4 is 0 Å². The van der Waals surface area contributed by atoms with E-state index in [4.69, 9.17) is 0 Å². The number of carbonyl (C=O) groups is 1. The molecule has 0 fully saturated rings. The van der Waals surface area contributed by atoms with E-state index in [0.29, 0.717) is 5.78 Å². The topological polar surface area (TPSA) is 57.5 Å². The van der Waals surface area contributed by atoms with E-state index >= 15 is 0 Å². The van der Waals surface area contributed by atoms with Gasteiger partial charge in [-0.05, 0) is 69.6 Å². The number of benzene rings is 1. The van der Waals surface area contributed by atoms with Crippen molar-refractivity contribution in [3.63, 3.8) is 0 Å². The van der Waals surface area contributed by atoms with Crippen LogP contribution in [0.1, 0.15) is 89.5 Å². The van der Waals surface area contributed by atoms with Gasteiger partial charge in [0.25, 0.3) is 0 Å². The molecule has 0 aliphatic carbocycles. The van der Waals surface area contributed by atoms with Crippen molar-refractivity contribution in [1.82, 2.24) is 0 Å². The summed E-state index contributed by atoms with van der Waals surface area (Å²) >= 11 is 0. The molecule has 0 aliphatic rings. The van der Waals surface area contributed by atoms with Gasteiger partial charge in [0, 0.05) is 12.5 Å². The fourth-order valence-electron chi connectivity index (χ4n) is 3.15. The minimum absolute atomic E-state index is 0.142. The number of phenols is 2. The van der Waals surface area contributed by atoms with E-state index in [9.17, 15) is 15.0 Å². The summed E-state index contributed by atoms with van der Waals surface area (Å²) in [7, 11) is 0. The predicted octanol–water partition coefficient (Wildman–Crippen LogP) is 6.47. The fourth-order valence-corrected chi connectivity index (χ4v) is 3.15. The quantitative estimate of drug-likeness (QED) is 0.278. The average molecular weight is 361 g/mol. The zero-order valence-electron chi connectivity index (χ0n) is 16.4. The lowest BCUT2D eigenvalue weighted by molar-refractivity contribution is -0.117. The SMILES string of the molecule is CC(=O)CCCCCC/C=C\CCCCCCCc1cc(O)cc(O)c1. The number of aryl methyl sites for hydroxylation is 1. The van der Waals surface area contributed by atoms with Crippen molar-refractivity contribution in [2.45, 2.75) is 90.4 Å². The minimum atomic E-state index is 0.142. The van der Waals surface area contributed by atoms with E-state index in [1.165, 1.54) is 57.4 Å². The molecule has 0 saturated heterocycles. The molecule has 0 aliphatic heterocycles. The van der Waals surface area contributed by atoms with E-state index in [1.54, 1.807) is 19.1 Å². The third-order valence-corrected chi connectivity index (χ3v) is 4.61. The van der Waals surface area contributed by atoms with Crippen LogP contribution in [0.3, 0.4) is 0 Å². The van der Waals surface area contributed by atoms with Crippen molar-refractivity contribution in [1.29, 1.82) is 0 Å². The maximum atomic E-state index is 10.8. The summed E-state index contributed by atoms with van der Waals surface area (Å²) in [6, 6.07) is 4.83. The Hall–Kier alpha value is -1.77. The highest BCUT2D eigenvalue weighted by Gasteiger charge is 1.99. The summed E-state index contributed by atoms with van der Waals surface area (Å²) in [5.74, 6) is 0.592. The van der Waals surface area contributed by atoms with Gasteiger partial charge >= 0.3 is 0 Å². The molecule has 26 heavy (non-hydrogen) atoms. The first-order valence-electron chi connectivity index (χ1n) is 10.2. The highest BCUT2D eigenvalue weighted by atomic mass is 16.3. The molecule has 146 valence electrons. The van der Waals surface area contributed by atoms with Gasteiger partial charge in [-0.2, -0.15) is 0 Å². The van der Waals surface area contributed by atoms with Crippen molar-refractivity contribution < 1.29 is 15.0 Å². The monoisotopic (exact) mass is 360 g/mol. The Kier molecular flexibility index (Phi) is 12.3. The molecular formula is C23H36O3. The van der Waals surface area contributed by atoms with Gasteiger partial charge in [-0.3, -0.25) is 0 Å². The van der Waals surface area contributed by atoms with Crippen LogP contribution in [0.5, 0.6) is 11.5 Å². The Morgan fingerprint density at radius 3 is 1.85 bits per heavy atom. The maximum absolute atomic E-state index is 10.8. The third-order valence-electron chi connectivity index (χ3n) is 4.61. The number of unbranched alkanes of at least 4 members (excludes halogenated alkanes) is 9. The van der Waals surface area contributed by atoms with Crippen LogP contribution in [0, 0.1) is 0 Å². The molecular weight excluding hydrogens is 324 g/mol. The standard InChI is InChI=1S/C23H36O3/c1-20(24)15-13-11-9-7-5-3-2-4-6-8-10-12-14-16-21-17-22(25)19-23(26)18-21/h2-3,17-19,25-26H,4-16H2,1H3/b3-2-. The highest BCUT2D eigenvalue weighted by Crippen LogP contribution is 2.22. The molecule has 0 atom stereocenters. The van der Waals surface area contributed by atoms with Gasteiger partial charge in [0.15, 0.2) is 0 Å². The van der Waals surface area contributed by atoms with Crippen molar-refractivity contribution in [3.05, 3.63) is 35.9 Å². The van der Waals surface area contributed by atoms with Crippen LogP contribution in [0.4, 0.5) is 0 Å². The number of rotatable bonds is 15. The Balaban J connectivity index is 1.87. The number of carbonyl (C=O) groups excluding carboxylic acids is 1. The molecule has 1 rings (SSSR count). The summed E-state index contributed by atoms with van der Waals surface area (Å²) in [4.78, 5) is 10.8. The second kappa shape index (κ2) is 14.4. The van der Waals surface area contributed by atoms with Crippen LogP contribution in [0.25, 0.3) is 0 Å². The maximum Gasteiger partial charge on any atom is 0.129 e. The smallest absolute Gasteiger partial charge is 0.129 e. The van der Waals surface area contributed by atoms with E-state index in [-0.39, 0.29) is 11.5 Å². The van der Waals surface area contributed by atoms with Crippen molar-refractivity contribution >= 4 is 5.78 Å². The Morgan fingerprint density at radius 1 is 0.769 bits per heavy atom. The number of aromatic hydroxyl groups is 2. The van der Waals surface area contributed by atoms with E-state index in [2.05, 4.69) is 12.2 Å². The molecule has 0 aromatic heterocycles. The fraction of sp³-hybridized carbons (Fsp3) is 0.609. The number of hydrogen-bond acceptors (Lipinski definition) is 3. The summed E-state index contributed by atoms with van der Waals surface area (Å²) < 4.78 is 0. The highest BCUT2D eigenvalue weighted by molar-refractivity contribution is 5.75. The molecule has 1 aromatic carbocycles. The average Bonchev–Trinajstić information content (AvgIpc) is 2.57. The van der Waals surface area contributed by atoms with Gasteiger partial charge < -0.3 is 15.0 Å². The van der Waals surface area contributed by atoms with Crippen LogP contribution in [-0.4, -0.2) is 16.0 Å². The number of hydrogen-bond donors (Lipinski definition) is 2. The van der Waals surface area contributed by atoms with Crippen LogP contribution in [0.2, 0.25) is 0 Å². The first kappa shape index (κ1) is 22.3. The van der Waals surface area contributed by atoms with Crippen molar-refractivity contribution in [3.8, 4) is 11.5 Å². The molecule has 0 bridgehead atoms. The zero-order chi connectivity index (χ0) is 19.0. The zero-order valence-corrected chi connectivity index (χ0v) is 16.4.